The Morgan fingerprint density at radius 2 is 1.37 bits per heavy atom. The van der Waals surface area contributed by atoms with Crippen molar-refractivity contribution >= 4 is 18.1 Å². The second-order valence-electron chi connectivity index (χ2n) is 12.4. The van der Waals surface area contributed by atoms with E-state index in [1.54, 1.807) is 0 Å². The molecule has 2 rings (SSSR count). The van der Waals surface area contributed by atoms with Crippen molar-refractivity contribution in [3.8, 4) is 0 Å². The molecule has 1 saturated carbocycles. The number of carbonyl (C=O) groups is 3. The summed E-state index contributed by atoms with van der Waals surface area (Å²) in [6.07, 6.45) is 22.7. The first-order valence-corrected chi connectivity index (χ1v) is 17.2. The quantitative estimate of drug-likeness (QED) is 0.107. The number of hydrogen-bond donors (Lipinski definition) is 1. The van der Waals surface area contributed by atoms with E-state index in [-0.39, 0.29) is 25.7 Å². The lowest BCUT2D eigenvalue weighted by molar-refractivity contribution is -0.701. The number of nitrogens with one attached hydrogen (secondary N) is 1. The third-order valence-corrected chi connectivity index (χ3v) is 8.77. The van der Waals surface area contributed by atoms with E-state index in [4.69, 9.17) is 9.47 Å². The summed E-state index contributed by atoms with van der Waals surface area (Å²) in [6.45, 7) is 7.49. The average molecular weight is 603 g/mol. The standard InChI is InChI=1S/C35H59N3O5/c1-4-6-7-8-9-10-11-12-13-14-15-16-17-21-26-36-33(40)42-29-35(24-19-20-25-35)30-43-34(41)38(31(3)39)28-32-23-18-22-27-37(32)5-2/h18,22-23,27H,4-17,19-21,24-26,28-30H2,1-3H3/p+1. The number of rotatable bonds is 22. The van der Waals surface area contributed by atoms with Crippen molar-refractivity contribution in [2.24, 2.45) is 5.41 Å². The Bertz CT molecular complexity index is 932. The predicted octanol–water partition coefficient (Wildman–Crippen LogP) is 8.25. The van der Waals surface area contributed by atoms with Crippen molar-refractivity contribution in [1.82, 2.24) is 10.2 Å². The Kier molecular flexibility index (Phi) is 18.7. The topological polar surface area (TPSA) is 88.8 Å². The molecule has 0 aromatic carbocycles. The number of alkyl carbamates (subject to hydrolysis) is 1. The van der Waals surface area contributed by atoms with Crippen molar-refractivity contribution in [1.29, 1.82) is 0 Å². The summed E-state index contributed by atoms with van der Waals surface area (Å²) < 4.78 is 13.2. The van der Waals surface area contributed by atoms with Gasteiger partial charge in [0.15, 0.2) is 6.20 Å². The highest BCUT2D eigenvalue weighted by Crippen LogP contribution is 2.39. The number of pyridine rings is 1. The van der Waals surface area contributed by atoms with Crippen molar-refractivity contribution < 1.29 is 28.4 Å². The SMILES string of the molecule is CCCCCCCCCCCCCCCCNC(=O)OCC1(COC(=O)N(Cc2cccc[n+]2CC)C(C)=O)CCCC1. The van der Waals surface area contributed by atoms with Crippen molar-refractivity contribution in [2.45, 2.75) is 149 Å². The molecule has 1 fully saturated rings. The fraction of sp³-hybridized carbons (Fsp3) is 0.771. The zero-order chi connectivity index (χ0) is 31.2. The lowest BCUT2D eigenvalue weighted by Gasteiger charge is -2.29. The van der Waals surface area contributed by atoms with Crippen LogP contribution < -0.4 is 9.88 Å². The third-order valence-electron chi connectivity index (χ3n) is 8.77. The summed E-state index contributed by atoms with van der Waals surface area (Å²) in [4.78, 5) is 38.8. The molecule has 1 aromatic heterocycles. The average Bonchev–Trinajstić information content (AvgIpc) is 3.48. The minimum Gasteiger partial charge on any atom is -0.449 e. The minimum atomic E-state index is -0.660. The van der Waals surface area contributed by atoms with Gasteiger partial charge in [0.05, 0.1) is 0 Å². The van der Waals surface area contributed by atoms with Gasteiger partial charge in [0.1, 0.15) is 26.3 Å². The summed E-state index contributed by atoms with van der Waals surface area (Å²) in [6, 6.07) is 5.71. The molecule has 1 aliphatic carbocycles. The van der Waals surface area contributed by atoms with E-state index in [1.165, 1.54) is 84.0 Å². The van der Waals surface area contributed by atoms with E-state index >= 15 is 0 Å². The molecule has 8 nitrogen and oxygen atoms in total. The maximum Gasteiger partial charge on any atom is 0.417 e. The van der Waals surface area contributed by atoms with Crippen LogP contribution in [-0.2, 0) is 27.4 Å². The van der Waals surface area contributed by atoms with Gasteiger partial charge in [-0.1, -0.05) is 109 Å². The Labute approximate surface area is 261 Å². The van der Waals surface area contributed by atoms with E-state index in [0.717, 1.165) is 55.7 Å². The van der Waals surface area contributed by atoms with Crippen LogP contribution in [0.5, 0.6) is 0 Å². The normalized spacial score (nSPS) is 13.9. The van der Waals surface area contributed by atoms with E-state index < -0.39 is 17.6 Å². The first kappa shape index (κ1) is 36.6. The number of ether oxygens (including phenoxy) is 2. The van der Waals surface area contributed by atoms with Gasteiger partial charge < -0.3 is 14.8 Å². The number of nitrogens with zero attached hydrogens (tertiary/aromatic N) is 2. The van der Waals surface area contributed by atoms with Crippen LogP contribution in [0.2, 0.25) is 0 Å². The van der Waals surface area contributed by atoms with Gasteiger partial charge in [0.25, 0.3) is 0 Å². The van der Waals surface area contributed by atoms with Crippen LogP contribution in [0.15, 0.2) is 24.4 Å². The Hall–Kier alpha value is -2.64. The molecule has 0 bridgehead atoms. The highest BCUT2D eigenvalue weighted by molar-refractivity contribution is 5.90. The Morgan fingerprint density at radius 1 is 0.814 bits per heavy atom. The van der Waals surface area contributed by atoms with E-state index in [9.17, 15) is 14.4 Å². The molecule has 0 atom stereocenters. The molecule has 0 saturated heterocycles. The van der Waals surface area contributed by atoms with Gasteiger partial charge >= 0.3 is 12.2 Å². The molecule has 43 heavy (non-hydrogen) atoms. The summed E-state index contributed by atoms with van der Waals surface area (Å²) in [5, 5.41) is 2.88. The molecule has 1 heterocycles. The van der Waals surface area contributed by atoms with Gasteiger partial charge in [-0.05, 0) is 26.2 Å². The second-order valence-corrected chi connectivity index (χ2v) is 12.4. The largest absolute Gasteiger partial charge is 0.449 e. The zero-order valence-corrected chi connectivity index (χ0v) is 27.5. The monoisotopic (exact) mass is 602 g/mol. The van der Waals surface area contributed by atoms with Gasteiger partial charge in [-0.15, -0.1) is 0 Å². The number of imide groups is 1. The third kappa shape index (κ3) is 15.1. The second kappa shape index (κ2) is 22.0. The van der Waals surface area contributed by atoms with Gasteiger partial charge in [0.2, 0.25) is 11.6 Å². The van der Waals surface area contributed by atoms with Crippen LogP contribution in [0, 0.1) is 5.41 Å². The van der Waals surface area contributed by atoms with Crippen LogP contribution in [0.3, 0.4) is 0 Å². The lowest BCUT2D eigenvalue weighted by Crippen LogP contribution is -2.44. The molecule has 1 aliphatic rings. The first-order chi connectivity index (χ1) is 20.9. The minimum absolute atomic E-state index is 0.129. The molecule has 8 heteroatoms. The number of carbonyl (C=O) groups excluding carboxylic acids is 3. The fourth-order valence-corrected chi connectivity index (χ4v) is 5.96. The first-order valence-electron chi connectivity index (χ1n) is 17.2. The van der Waals surface area contributed by atoms with Crippen LogP contribution in [0.4, 0.5) is 9.59 Å². The summed E-state index contributed by atoms with van der Waals surface area (Å²) in [7, 11) is 0. The van der Waals surface area contributed by atoms with Gasteiger partial charge in [-0.25, -0.2) is 19.1 Å². The van der Waals surface area contributed by atoms with Crippen molar-refractivity contribution in [2.75, 3.05) is 19.8 Å². The highest BCUT2D eigenvalue weighted by Gasteiger charge is 2.38. The Balaban J connectivity index is 1.59. The van der Waals surface area contributed by atoms with E-state index in [1.807, 2.05) is 35.9 Å². The molecule has 0 unspecified atom stereocenters. The molecule has 0 radical (unpaired) electrons. The molecule has 1 aromatic rings. The van der Waals surface area contributed by atoms with Crippen molar-refractivity contribution in [3.63, 3.8) is 0 Å². The van der Waals surface area contributed by atoms with E-state index in [0.29, 0.717) is 6.54 Å². The van der Waals surface area contributed by atoms with Crippen molar-refractivity contribution in [3.05, 3.63) is 30.1 Å². The Morgan fingerprint density at radius 3 is 1.93 bits per heavy atom. The molecular weight excluding hydrogens is 542 g/mol. The van der Waals surface area contributed by atoms with Crippen LogP contribution >= 0.6 is 0 Å². The smallest absolute Gasteiger partial charge is 0.417 e. The molecular formula is C35H60N3O5+. The molecule has 0 spiro atoms. The molecule has 3 amide bonds. The van der Waals surface area contributed by atoms with Crippen LogP contribution in [0.1, 0.15) is 142 Å². The lowest BCUT2D eigenvalue weighted by atomic mass is 9.88. The maximum atomic E-state index is 12.9. The summed E-state index contributed by atoms with van der Waals surface area (Å²) in [5.41, 5.74) is 0.451. The zero-order valence-electron chi connectivity index (χ0n) is 27.5. The molecule has 244 valence electrons. The summed E-state index contributed by atoms with van der Waals surface area (Å²) in [5.74, 6) is -0.365. The number of amides is 3. The van der Waals surface area contributed by atoms with Gasteiger partial charge in [-0.2, -0.15) is 0 Å². The summed E-state index contributed by atoms with van der Waals surface area (Å²) >= 11 is 0. The number of aryl methyl sites for hydroxylation is 1. The fourth-order valence-electron chi connectivity index (χ4n) is 5.96. The highest BCUT2D eigenvalue weighted by atomic mass is 16.6. The number of unbranched alkanes of at least 4 members (excludes halogenated alkanes) is 13. The number of hydrogen-bond acceptors (Lipinski definition) is 5. The van der Waals surface area contributed by atoms with Crippen LogP contribution in [0.25, 0.3) is 0 Å². The molecule has 1 N–H and O–H groups in total. The predicted molar refractivity (Wildman–Crippen MR) is 170 cm³/mol. The number of aromatic nitrogens is 1. The molecule has 0 aliphatic heterocycles. The van der Waals surface area contributed by atoms with Crippen LogP contribution in [-0.4, -0.2) is 42.8 Å². The van der Waals surface area contributed by atoms with Gasteiger partial charge in [-0.3, -0.25) is 4.79 Å². The van der Waals surface area contributed by atoms with E-state index in [2.05, 4.69) is 12.2 Å². The maximum absolute atomic E-state index is 12.9. The van der Waals surface area contributed by atoms with Gasteiger partial charge in [0, 0.05) is 31.0 Å².